The number of likely N-dealkylation sites (tertiary alicyclic amines) is 1. The van der Waals surface area contributed by atoms with E-state index in [0.717, 1.165) is 43.7 Å². The van der Waals surface area contributed by atoms with Crippen LogP contribution in [0.25, 0.3) is 0 Å². The van der Waals surface area contributed by atoms with E-state index in [1.807, 2.05) is 4.90 Å². The fraction of sp³-hybridized carbons (Fsp3) is 0.944. The molecule has 150 valence electrons. The van der Waals surface area contributed by atoms with Crippen LogP contribution in [-0.2, 0) is 4.79 Å². The van der Waals surface area contributed by atoms with Crippen molar-refractivity contribution in [3.63, 3.8) is 0 Å². The number of halogens is 3. The van der Waals surface area contributed by atoms with Gasteiger partial charge in [-0.2, -0.15) is 13.2 Å². The number of nitrogens with zero attached hydrogens (tertiary/aromatic N) is 3. The van der Waals surface area contributed by atoms with Crippen LogP contribution in [0.15, 0.2) is 0 Å². The number of carbonyl (C=O) groups excluding carboxylic acids is 1. The molecule has 3 fully saturated rings. The predicted octanol–water partition coefficient (Wildman–Crippen LogP) is 1.85. The lowest BCUT2D eigenvalue weighted by Gasteiger charge is -2.44. The van der Waals surface area contributed by atoms with Crippen LogP contribution in [0.5, 0.6) is 0 Å². The Morgan fingerprint density at radius 3 is 2.27 bits per heavy atom. The van der Waals surface area contributed by atoms with Gasteiger partial charge in [0, 0.05) is 39.3 Å². The number of alkyl halides is 3. The van der Waals surface area contributed by atoms with Crippen molar-refractivity contribution in [2.75, 3.05) is 45.8 Å². The van der Waals surface area contributed by atoms with E-state index in [2.05, 4.69) is 4.90 Å². The fourth-order valence-corrected chi connectivity index (χ4v) is 4.65. The molecule has 0 radical (unpaired) electrons. The second-order valence-corrected chi connectivity index (χ2v) is 8.13. The lowest BCUT2D eigenvalue weighted by molar-refractivity contribution is -0.168. The molecule has 0 unspecified atom stereocenters. The highest BCUT2D eigenvalue weighted by molar-refractivity contribution is 5.82. The molecule has 2 aliphatic heterocycles. The zero-order valence-corrected chi connectivity index (χ0v) is 15.3. The SMILES string of the molecule is O=C1[C@H](N2CCN(CC3(O)CCCCC3)CC2)CCCN1CC(F)(F)F. The van der Waals surface area contributed by atoms with Crippen molar-refractivity contribution in [1.29, 1.82) is 0 Å². The van der Waals surface area contributed by atoms with Gasteiger partial charge in [-0.05, 0) is 25.7 Å². The maximum atomic E-state index is 12.7. The molecule has 3 aliphatic rings. The molecule has 1 aliphatic carbocycles. The summed E-state index contributed by atoms with van der Waals surface area (Å²) in [4.78, 5) is 17.7. The third-order valence-corrected chi connectivity index (χ3v) is 6.02. The van der Waals surface area contributed by atoms with Crippen LogP contribution in [0, 0.1) is 0 Å². The Balaban J connectivity index is 1.50. The molecule has 1 N–H and O–H groups in total. The maximum Gasteiger partial charge on any atom is 0.406 e. The van der Waals surface area contributed by atoms with Crippen LogP contribution in [-0.4, -0.2) is 89.3 Å². The topological polar surface area (TPSA) is 47.0 Å². The Morgan fingerprint density at radius 2 is 1.65 bits per heavy atom. The minimum atomic E-state index is -4.34. The van der Waals surface area contributed by atoms with Crippen LogP contribution in [0.4, 0.5) is 13.2 Å². The van der Waals surface area contributed by atoms with Gasteiger partial charge >= 0.3 is 6.18 Å². The summed E-state index contributed by atoms with van der Waals surface area (Å²) in [7, 11) is 0. The van der Waals surface area contributed by atoms with E-state index in [-0.39, 0.29) is 12.5 Å². The van der Waals surface area contributed by atoms with Gasteiger partial charge in [0.2, 0.25) is 5.91 Å². The summed E-state index contributed by atoms with van der Waals surface area (Å²) in [5.41, 5.74) is -0.593. The first kappa shape index (κ1) is 19.9. The minimum Gasteiger partial charge on any atom is -0.389 e. The second-order valence-electron chi connectivity index (χ2n) is 8.13. The van der Waals surface area contributed by atoms with E-state index in [1.54, 1.807) is 0 Å². The van der Waals surface area contributed by atoms with Gasteiger partial charge in [-0.3, -0.25) is 14.6 Å². The van der Waals surface area contributed by atoms with Crippen LogP contribution in [0.1, 0.15) is 44.9 Å². The molecule has 0 aromatic heterocycles. The number of rotatable bonds is 4. The van der Waals surface area contributed by atoms with Crippen molar-refractivity contribution in [3.8, 4) is 0 Å². The number of β-amino-alcohol motifs (C(OH)–C–C–N with tert-alkyl or cyclic N) is 1. The highest BCUT2D eigenvalue weighted by Gasteiger charge is 2.40. The van der Waals surface area contributed by atoms with Crippen molar-refractivity contribution in [2.24, 2.45) is 0 Å². The van der Waals surface area contributed by atoms with E-state index in [0.29, 0.717) is 32.5 Å². The zero-order valence-electron chi connectivity index (χ0n) is 15.3. The third kappa shape index (κ3) is 5.10. The number of aliphatic hydroxyl groups is 1. The molecule has 0 bridgehead atoms. The number of carbonyl (C=O) groups is 1. The molecule has 1 amide bonds. The number of hydrogen-bond acceptors (Lipinski definition) is 4. The van der Waals surface area contributed by atoms with E-state index in [9.17, 15) is 23.1 Å². The Bertz CT molecular complexity index is 487. The predicted molar refractivity (Wildman–Crippen MR) is 91.7 cm³/mol. The van der Waals surface area contributed by atoms with E-state index >= 15 is 0 Å². The van der Waals surface area contributed by atoms with E-state index in [4.69, 9.17) is 0 Å². The Morgan fingerprint density at radius 1 is 1.00 bits per heavy atom. The first-order valence-corrected chi connectivity index (χ1v) is 9.80. The number of hydrogen-bond donors (Lipinski definition) is 1. The van der Waals surface area contributed by atoms with Crippen molar-refractivity contribution >= 4 is 5.91 Å². The summed E-state index contributed by atoms with van der Waals surface area (Å²) in [6.45, 7) is 2.58. The molecular formula is C18H30F3N3O2. The summed E-state index contributed by atoms with van der Waals surface area (Å²) in [6, 6.07) is -0.425. The lowest BCUT2D eigenvalue weighted by Crippen LogP contribution is -2.59. The standard InChI is InChI=1S/C18H30F3N3O2/c19-18(20,21)14-24-8-4-5-15(16(24)25)23-11-9-22(10-12-23)13-17(26)6-2-1-3-7-17/h15,26H,1-14H2/t15-/m1/s1. The van der Waals surface area contributed by atoms with Crippen molar-refractivity contribution in [2.45, 2.75) is 62.8 Å². The van der Waals surface area contributed by atoms with Gasteiger partial charge in [-0.1, -0.05) is 19.3 Å². The quantitative estimate of drug-likeness (QED) is 0.812. The Kier molecular flexibility index (Phi) is 6.14. The second kappa shape index (κ2) is 8.02. The zero-order chi connectivity index (χ0) is 18.8. The fourth-order valence-electron chi connectivity index (χ4n) is 4.65. The van der Waals surface area contributed by atoms with Crippen LogP contribution in [0.2, 0.25) is 0 Å². The largest absolute Gasteiger partial charge is 0.406 e. The molecule has 2 heterocycles. The molecule has 1 saturated carbocycles. The highest BCUT2D eigenvalue weighted by atomic mass is 19.4. The molecule has 5 nitrogen and oxygen atoms in total. The van der Waals surface area contributed by atoms with Gasteiger partial charge < -0.3 is 10.0 Å². The monoisotopic (exact) mass is 377 g/mol. The maximum absolute atomic E-state index is 12.7. The van der Waals surface area contributed by atoms with Crippen LogP contribution in [0.3, 0.4) is 0 Å². The normalized spacial score (nSPS) is 29.2. The van der Waals surface area contributed by atoms with E-state index in [1.165, 1.54) is 6.42 Å². The number of piperazine rings is 1. The average molecular weight is 377 g/mol. The minimum absolute atomic E-state index is 0.196. The van der Waals surface area contributed by atoms with Gasteiger partial charge in [-0.15, -0.1) is 0 Å². The van der Waals surface area contributed by atoms with Crippen LogP contribution >= 0.6 is 0 Å². The molecule has 0 aromatic rings. The van der Waals surface area contributed by atoms with Gasteiger partial charge in [0.15, 0.2) is 0 Å². The van der Waals surface area contributed by atoms with Gasteiger partial charge in [0.25, 0.3) is 0 Å². The molecular weight excluding hydrogens is 347 g/mol. The summed E-state index contributed by atoms with van der Waals surface area (Å²) < 4.78 is 38.0. The first-order chi connectivity index (χ1) is 12.3. The van der Waals surface area contributed by atoms with Crippen molar-refractivity contribution in [1.82, 2.24) is 14.7 Å². The molecule has 3 rings (SSSR count). The average Bonchev–Trinajstić information content (AvgIpc) is 2.57. The Labute approximate surface area is 153 Å². The molecule has 0 spiro atoms. The lowest BCUT2D eigenvalue weighted by atomic mass is 9.84. The number of piperidine rings is 1. The van der Waals surface area contributed by atoms with Gasteiger partial charge in [0.1, 0.15) is 6.54 Å². The number of amides is 1. The smallest absolute Gasteiger partial charge is 0.389 e. The van der Waals surface area contributed by atoms with Gasteiger partial charge in [0.05, 0.1) is 11.6 Å². The van der Waals surface area contributed by atoms with Crippen LogP contribution < -0.4 is 0 Å². The Hall–Kier alpha value is -0.860. The molecule has 0 aromatic carbocycles. The van der Waals surface area contributed by atoms with Crippen molar-refractivity contribution < 1.29 is 23.1 Å². The molecule has 1 atom stereocenters. The molecule has 8 heteroatoms. The molecule has 26 heavy (non-hydrogen) atoms. The summed E-state index contributed by atoms with van der Waals surface area (Å²) >= 11 is 0. The summed E-state index contributed by atoms with van der Waals surface area (Å²) in [5, 5.41) is 10.7. The summed E-state index contributed by atoms with van der Waals surface area (Å²) in [6.07, 6.45) is 1.94. The summed E-state index contributed by atoms with van der Waals surface area (Å²) in [5.74, 6) is -0.382. The molecule has 2 saturated heterocycles. The van der Waals surface area contributed by atoms with Gasteiger partial charge in [-0.25, -0.2) is 0 Å². The third-order valence-electron chi connectivity index (χ3n) is 6.02. The van der Waals surface area contributed by atoms with Crippen molar-refractivity contribution in [3.05, 3.63) is 0 Å². The first-order valence-electron chi connectivity index (χ1n) is 9.80. The highest BCUT2D eigenvalue weighted by Crippen LogP contribution is 2.29. The van der Waals surface area contributed by atoms with E-state index < -0.39 is 24.4 Å².